The van der Waals surface area contributed by atoms with Gasteiger partial charge in [-0.15, -0.1) is 12.4 Å². The summed E-state index contributed by atoms with van der Waals surface area (Å²) in [7, 11) is 0. The van der Waals surface area contributed by atoms with Crippen LogP contribution >= 0.6 is 12.4 Å². The topological polar surface area (TPSA) is 51.8 Å². The Hall–Kier alpha value is -1.89. The van der Waals surface area contributed by atoms with Gasteiger partial charge in [-0.3, -0.25) is 14.1 Å². The van der Waals surface area contributed by atoms with E-state index < -0.39 is 0 Å². The summed E-state index contributed by atoms with van der Waals surface area (Å²) in [6.45, 7) is 9.20. The van der Waals surface area contributed by atoms with Gasteiger partial charge in [0.1, 0.15) is 5.69 Å². The van der Waals surface area contributed by atoms with Crippen LogP contribution in [-0.4, -0.2) is 57.5 Å². The zero-order valence-corrected chi connectivity index (χ0v) is 16.1. The molecule has 0 radical (unpaired) electrons. The number of aryl methyl sites for hydroxylation is 1. The summed E-state index contributed by atoms with van der Waals surface area (Å²) in [4.78, 5) is 19.6. The number of carbonyl (C=O) groups is 1. The smallest absolute Gasteiger partial charge is 0.215 e. The molecule has 7 heteroatoms. The van der Waals surface area contributed by atoms with Gasteiger partial charge in [0.25, 0.3) is 0 Å². The Morgan fingerprint density at radius 3 is 2.54 bits per heavy atom. The van der Waals surface area contributed by atoms with Gasteiger partial charge in [0, 0.05) is 32.6 Å². The van der Waals surface area contributed by atoms with Crippen molar-refractivity contribution in [1.82, 2.24) is 18.9 Å². The number of ketones is 1. The molecule has 0 spiro atoms. The lowest BCUT2D eigenvalue weighted by Gasteiger charge is -2.26. The highest BCUT2D eigenvalue weighted by molar-refractivity contribution is 5.98. The molecule has 0 aliphatic carbocycles. The fraction of sp³-hybridized carbons (Fsp3) is 0.474. The molecule has 0 bridgehead atoms. The van der Waals surface area contributed by atoms with Crippen molar-refractivity contribution >= 4 is 35.0 Å². The van der Waals surface area contributed by atoms with Crippen LogP contribution < -0.4 is 0 Å². The molecule has 26 heavy (non-hydrogen) atoms. The SMILES string of the molecule is CCC(=O)c1c(C)nc2n(CCN3CCOCC3)c3ccccc3n12.Cl. The van der Waals surface area contributed by atoms with Crippen LogP contribution in [0.25, 0.3) is 16.8 Å². The maximum atomic E-state index is 12.5. The number of aromatic nitrogens is 3. The number of morpholine rings is 1. The Bertz CT molecular complexity index is 925. The summed E-state index contributed by atoms with van der Waals surface area (Å²) in [5.41, 5.74) is 3.71. The van der Waals surface area contributed by atoms with Crippen molar-refractivity contribution in [1.29, 1.82) is 0 Å². The number of benzene rings is 1. The Labute approximate surface area is 159 Å². The second-order valence-corrected chi connectivity index (χ2v) is 6.55. The number of fused-ring (bicyclic) bond motifs is 3. The number of imidazole rings is 2. The molecule has 6 nitrogen and oxygen atoms in total. The van der Waals surface area contributed by atoms with Crippen molar-refractivity contribution in [2.24, 2.45) is 0 Å². The van der Waals surface area contributed by atoms with Crippen molar-refractivity contribution in [3.8, 4) is 0 Å². The molecule has 1 fully saturated rings. The van der Waals surface area contributed by atoms with Crippen molar-refractivity contribution in [2.75, 3.05) is 32.8 Å². The average Bonchev–Trinajstić information content (AvgIpc) is 3.13. The first-order chi connectivity index (χ1) is 12.2. The summed E-state index contributed by atoms with van der Waals surface area (Å²) in [5, 5.41) is 0. The average molecular weight is 377 g/mol. The van der Waals surface area contributed by atoms with Crippen LogP contribution in [0.5, 0.6) is 0 Å². The highest BCUT2D eigenvalue weighted by Gasteiger charge is 2.22. The van der Waals surface area contributed by atoms with Crippen LogP contribution in [-0.2, 0) is 11.3 Å². The van der Waals surface area contributed by atoms with Gasteiger partial charge in [0.15, 0.2) is 5.78 Å². The highest BCUT2D eigenvalue weighted by Crippen LogP contribution is 2.25. The van der Waals surface area contributed by atoms with E-state index in [9.17, 15) is 4.79 Å². The lowest BCUT2D eigenvalue weighted by atomic mass is 10.2. The largest absolute Gasteiger partial charge is 0.379 e. The number of rotatable bonds is 5. The molecular weight excluding hydrogens is 352 g/mol. The van der Waals surface area contributed by atoms with Gasteiger partial charge in [-0.05, 0) is 19.1 Å². The van der Waals surface area contributed by atoms with E-state index in [4.69, 9.17) is 9.72 Å². The van der Waals surface area contributed by atoms with Gasteiger partial charge in [-0.2, -0.15) is 0 Å². The highest BCUT2D eigenvalue weighted by atomic mass is 35.5. The van der Waals surface area contributed by atoms with E-state index in [0.29, 0.717) is 6.42 Å². The minimum atomic E-state index is 0. The third-order valence-electron chi connectivity index (χ3n) is 5.02. The monoisotopic (exact) mass is 376 g/mol. The predicted molar refractivity (Wildman–Crippen MR) is 105 cm³/mol. The second-order valence-electron chi connectivity index (χ2n) is 6.55. The molecule has 0 unspecified atom stereocenters. The molecule has 4 rings (SSSR count). The van der Waals surface area contributed by atoms with E-state index >= 15 is 0 Å². The first-order valence-electron chi connectivity index (χ1n) is 9.00. The number of hydrogen-bond acceptors (Lipinski definition) is 4. The molecule has 0 amide bonds. The number of hydrogen-bond donors (Lipinski definition) is 0. The molecular formula is C19H25ClN4O2. The number of halogens is 1. The molecule has 2 aromatic heterocycles. The van der Waals surface area contributed by atoms with Gasteiger partial charge in [-0.25, -0.2) is 4.98 Å². The van der Waals surface area contributed by atoms with Crippen LogP contribution in [0.1, 0.15) is 29.5 Å². The zero-order chi connectivity index (χ0) is 17.4. The molecule has 1 saturated heterocycles. The number of carbonyl (C=O) groups excluding carboxylic acids is 1. The van der Waals surface area contributed by atoms with Gasteiger partial charge in [-0.1, -0.05) is 19.1 Å². The zero-order valence-electron chi connectivity index (χ0n) is 15.3. The molecule has 1 aromatic carbocycles. The van der Waals surface area contributed by atoms with Crippen molar-refractivity contribution in [3.63, 3.8) is 0 Å². The molecule has 3 heterocycles. The number of Topliss-reactive ketones (excluding diaryl/α,β-unsaturated/α-hetero) is 1. The molecule has 0 N–H and O–H groups in total. The van der Waals surface area contributed by atoms with Crippen molar-refractivity contribution < 1.29 is 9.53 Å². The lowest BCUT2D eigenvalue weighted by Crippen LogP contribution is -2.38. The summed E-state index contributed by atoms with van der Waals surface area (Å²) in [6.07, 6.45) is 0.488. The first-order valence-corrected chi connectivity index (χ1v) is 9.00. The van der Waals surface area contributed by atoms with E-state index in [-0.39, 0.29) is 18.2 Å². The Balaban J connectivity index is 0.00000196. The van der Waals surface area contributed by atoms with E-state index in [2.05, 4.69) is 21.6 Å². The molecule has 140 valence electrons. The molecule has 1 aliphatic heterocycles. The summed E-state index contributed by atoms with van der Waals surface area (Å²) < 4.78 is 9.71. The van der Waals surface area contributed by atoms with Crippen molar-refractivity contribution in [3.05, 3.63) is 35.7 Å². The van der Waals surface area contributed by atoms with E-state index in [1.165, 1.54) is 0 Å². The minimum absolute atomic E-state index is 0. The van der Waals surface area contributed by atoms with Crippen LogP contribution in [0.3, 0.4) is 0 Å². The summed E-state index contributed by atoms with van der Waals surface area (Å²) >= 11 is 0. The quantitative estimate of drug-likeness (QED) is 0.642. The standard InChI is InChI=1S/C19H24N4O2.ClH/c1-3-17(24)18-14(2)20-19-22(9-8-21-10-12-25-13-11-21)15-6-4-5-7-16(15)23(18)19;/h4-7H,3,8-13H2,1-2H3;1H. The van der Waals surface area contributed by atoms with Gasteiger partial charge in [0.2, 0.25) is 5.78 Å². The van der Waals surface area contributed by atoms with E-state index in [1.807, 2.05) is 30.4 Å². The first kappa shape index (κ1) is 18.9. The van der Waals surface area contributed by atoms with Crippen molar-refractivity contribution in [2.45, 2.75) is 26.8 Å². The number of ether oxygens (including phenoxy) is 1. The van der Waals surface area contributed by atoms with Gasteiger partial charge in [0.05, 0.1) is 29.9 Å². The van der Waals surface area contributed by atoms with Crippen LogP contribution in [0.15, 0.2) is 24.3 Å². The number of para-hydroxylation sites is 2. The Kier molecular flexibility index (Phi) is 5.65. The van der Waals surface area contributed by atoms with Crippen LogP contribution in [0, 0.1) is 6.92 Å². The molecule has 0 saturated carbocycles. The molecule has 0 atom stereocenters. The third-order valence-corrected chi connectivity index (χ3v) is 5.02. The fourth-order valence-corrected chi connectivity index (χ4v) is 3.69. The Morgan fingerprint density at radius 2 is 1.85 bits per heavy atom. The van der Waals surface area contributed by atoms with Crippen LogP contribution in [0.2, 0.25) is 0 Å². The maximum Gasteiger partial charge on any atom is 0.215 e. The van der Waals surface area contributed by atoms with E-state index in [1.54, 1.807) is 0 Å². The normalized spacial score (nSPS) is 15.5. The Morgan fingerprint density at radius 1 is 1.15 bits per heavy atom. The molecule has 3 aromatic rings. The van der Waals surface area contributed by atoms with Gasteiger partial charge < -0.3 is 9.30 Å². The van der Waals surface area contributed by atoms with E-state index in [0.717, 1.165) is 67.6 Å². The lowest BCUT2D eigenvalue weighted by molar-refractivity contribution is 0.0366. The fourth-order valence-electron chi connectivity index (χ4n) is 3.69. The second kappa shape index (κ2) is 7.78. The van der Waals surface area contributed by atoms with Gasteiger partial charge >= 0.3 is 0 Å². The summed E-state index contributed by atoms with van der Waals surface area (Å²) in [6, 6.07) is 8.24. The van der Waals surface area contributed by atoms with Crippen LogP contribution in [0.4, 0.5) is 0 Å². The summed E-state index contributed by atoms with van der Waals surface area (Å²) in [5.74, 6) is 1.00. The minimum Gasteiger partial charge on any atom is -0.379 e. The number of nitrogens with zero attached hydrogens (tertiary/aromatic N) is 4. The predicted octanol–water partition coefficient (Wildman–Crippen LogP) is 2.94. The maximum absolute atomic E-state index is 12.5. The third kappa shape index (κ3) is 3.13. The molecule has 1 aliphatic rings.